The van der Waals surface area contributed by atoms with Crippen molar-refractivity contribution in [1.82, 2.24) is 0 Å². The Balaban J connectivity index is 2.54. The molecule has 0 radical (unpaired) electrons. The third-order valence-electron chi connectivity index (χ3n) is 1.95. The number of methoxy groups -OCH3 is 1. The Morgan fingerprint density at radius 2 is 1.89 bits per heavy atom. The van der Waals surface area contributed by atoms with Gasteiger partial charge in [-0.25, -0.2) is 0 Å². The number of esters is 1. The zero-order valence-electron chi connectivity index (χ0n) is 10.1. The van der Waals surface area contributed by atoms with Crippen LogP contribution in [-0.4, -0.2) is 25.9 Å². The maximum atomic E-state index is 11.9. The van der Waals surface area contributed by atoms with Gasteiger partial charge in [-0.1, -0.05) is 11.8 Å². The van der Waals surface area contributed by atoms with Gasteiger partial charge in [0.1, 0.15) is 12.2 Å². The second kappa shape index (κ2) is 6.69. The molecule has 19 heavy (non-hydrogen) atoms. The minimum Gasteiger partial charge on any atom is -0.484 e. The highest BCUT2D eigenvalue weighted by Gasteiger charge is 2.28. The van der Waals surface area contributed by atoms with E-state index in [4.69, 9.17) is 0 Å². The summed E-state index contributed by atoms with van der Waals surface area (Å²) >= 11 is 0. The number of rotatable bonds is 3. The first kappa shape index (κ1) is 14.9. The zero-order chi connectivity index (χ0) is 14.3. The summed E-state index contributed by atoms with van der Waals surface area (Å²) in [5.74, 6) is 4.92. The van der Waals surface area contributed by atoms with Crippen LogP contribution in [-0.2, 0) is 9.53 Å². The predicted octanol–water partition coefficient (Wildman–Crippen LogP) is 2.54. The normalized spacial score (nSPS) is 10.3. The SMILES string of the molecule is COC(=O)CC#Cc1ccc(OCC(F)(F)F)cc1. The first-order valence-corrected chi connectivity index (χ1v) is 5.26. The van der Waals surface area contributed by atoms with Crippen LogP contribution in [0.2, 0.25) is 0 Å². The minimum atomic E-state index is -4.36. The molecule has 0 heterocycles. The van der Waals surface area contributed by atoms with Gasteiger partial charge in [0.25, 0.3) is 0 Å². The number of carbonyl (C=O) groups is 1. The molecule has 6 heteroatoms. The molecule has 0 bridgehead atoms. The number of ether oxygens (including phenoxy) is 2. The van der Waals surface area contributed by atoms with E-state index in [2.05, 4.69) is 21.3 Å². The average molecular weight is 272 g/mol. The Morgan fingerprint density at radius 3 is 2.42 bits per heavy atom. The molecule has 0 N–H and O–H groups in total. The largest absolute Gasteiger partial charge is 0.484 e. The molecule has 0 amide bonds. The van der Waals surface area contributed by atoms with Crippen LogP contribution >= 0.6 is 0 Å². The molecule has 0 spiro atoms. The van der Waals surface area contributed by atoms with Crippen LogP contribution in [0, 0.1) is 11.8 Å². The molecular formula is C13H11F3O3. The second-order valence-electron chi connectivity index (χ2n) is 3.48. The fourth-order valence-corrected chi connectivity index (χ4v) is 1.09. The van der Waals surface area contributed by atoms with Gasteiger partial charge >= 0.3 is 12.1 Å². The van der Waals surface area contributed by atoms with Crippen molar-refractivity contribution >= 4 is 5.97 Å². The van der Waals surface area contributed by atoms with Crippen molar-refractivity contribution in [1.29, 1.82) is 0 Å². The van der Waals surface area contributed by atoms with Crippen LogP contribution in [0.1, 0.15) is 12.0 Å². The van der Waals surface area contributed by atoms with E-state index < -0.39 is 18.8 Å². The van der Waals surface area contributed by atoms with E-state index in [9.17, 15) is 18.0 Å². The van der Waals surface area contributed by atoms with Crippen LogP contribution in [0.3, 0.4) is 0 Å². The van der Waals surface area contributed by atoms with Gasteiger partial charge in [0.15, 0.2) is 6.61 Å². The van der Waals surface area contributed by atoms with Crippen LogP contribution in [0.4, 0.5) is 13.2 Å². The zero-order valence-corrected chi connectivity index (χ0v) is 10.1. The Morgan fingerprint density at radius 1 is 1.26 bits per heavy atom. The fourth-order valence-electron chi connectivity index (χ4n) is 1.09. The summed E-state index contributed by atoms with van der Waals surface area (Å²) in [4.78, 5) is 10.8. The predicted molar refractivity (Wildman–Crippen MR) is 61.5 cm³/mol. The van der Waals surface area contributed by atoms with Crippen LogP contribution in [0.15, 0.2) is 24.3 Å². The molecule has 0 aromatic heterocycles. The van der Waals surface area contributed by atoms with Gasteiger partial charge in [-0.05, 0) is 24.3 Å². The van der Waals surface area contributed by atoms with E-state index in [-0.39, 0.29) is 12.2 Å². The molecular weight excluding hydrogens is 261 g/mol. The lowest BCUT2D eigenvalue weighted by atomic mass is 10.2. The molecule has 0 atom stereocenters. The van der Waals surface area contributed by atoms with E-state index in [0.717, 1.165) is 0 Å². The fraction of sp³-hybridized carbons (Fsp3) is 0.308. The van der Waals surface area contributed by atoms with Crippen molar-refractivity contribution in [3.63, 3.8) is 0 Å². The van der Waals surface area contributed by atoms with Crippen LogP contribution in [0.5, 0.6) is 5.75 Å². The molecule has 3 nitrogen and oxygen atoms in total. The number of hydrogen-bond donors (Lipinski definition) is 0. The topological polar surface area (TPSA) is 35.5 Å². The molecule has 0 fully saturated rings. The van der Waals surface area contributed by atoms with Gasteiger partial charge in [0.05, 0.1) is 7.11 Å². The number of carbonyl (C=O) groups excluding carboxylic acids is 1. The Hall–Kier alpha value is -2.16. The maximum absolute atomic E-state index is 11.9. The molecule has 1 rings (SSSR count). The molecule has 0 aliphatic carbocycles. The van der Waals surface area contributed by atoms with Crippen LogP contribution < -0.4 is 4.74 Å². The second-order valence-corrected chi connectivity index (χ2v) is 3.48. The summed E-state index contributed by atoms with van der Waals surface area (Å²) in [6, 6.07) is 5.79. The third kappa shape index (κ3) is 6.36. The average Bonchev–Trinajstić information content (AvgIpc) is 2.36. The standard InChI is InChI=1S/C13H11F3O3/c1-18-12(17)4-2-3-10-5-7-11(8-6-10)19-9-13(14,15)16/h5-8H,4,9H2,1H3. The Kier molecular flexibility index (Phi) is 5.24. The number of alkyl halides is 3. The van der Waals surface area contributed by atoms with E-state index in [1.54, 1.807) is 0 Å². The van der Waals surface area contributed by atoms with E-state index in [1.165, 1.54) is 31.4 Å². The van der Waals surface area contributed by atoms with Crippen molar-refractivity contribution in [3.05, 3.63) is 29.8 Å². The first-order valence-electron chi connectivity index (χ1n) is 5.26. The number of benzene rings is 1. The highest BCUT2D eigenvalue weighted by Crippen LogP contribution is 2.18. The molecule has 102 valence electrons. The Bertz CT molecular complexity index is 481. The molecule has 1 aromatic carbocycles. The minimum absolute atomic E-state index is 0.0389. The first-order chi connectivity index (χ1) is 8.90. The van der Waals surface area contributed by atoms with E-state index in [0.29, 0.717) is 5.56 Å². The van der Waals surface area contributed by atoms with Gasteiger partial charge in [0.2, 0.25) is 0 Å². The molecule has 0 saturated heterocycles. The number of halogens is 3. The quantitative estimate of drug-likeness (QED) is 0.626. The van der Waals surface area contributed by atoms with Crippen LogP contribution in [0.25, 0.3) is 0 Å². The lowest BCUT2D eigenvalue weighted by molar-refractivity contribution is -0.153. The van der Waals surface area contributed by atoms with Crippen molar-refractivity contribution < 1.29 is 27.4 Å². The Labute approximate surface area is 108 Å². The maximum Gasteiger partial charge on any atom is 0.422 e. The summed E-state index contributed by atoms with van der Waals surface area (Å²) in [7, 11) is 1.26. The smallest absolute Gasteiger partial charge is 0.422 e. The van der Waals surface area contributed by atoms with Gasteiger partial charge in [0, 0.05) is 5.56 Å². The van der Waals surface area contributed by atoms with Gasteiger partial charge < -0.3 is 9.47 Å². The monoisotopic (exact) mass is 272 g/mol. The molecule has 0 aliphatic rings. The summed E-state index contributed by atoms with van der Waals surface area (Å²) in [6.45, 7) is -1.33. The summed E-state index contributed by atoms with van der Waals surface area (Å²) in [5.41, 5.74) is 0.572. The summed E-state index contributed by atoms with van der Waals surface area (Å²) < 4.78 is 44.7. The molecule has 0 aliphatic heterocycles. The summed E-state index contributed by atoms with van der Waals surface area (Å²) in [6.07, 6.45) is -4.40. The van der Waals surface area contributed by atoms with Crippen molar-refractivity contribution in [2.75, 3.05) is 13.7 Å². The van der Waals surface area contributed by atoms with E-state index >= 15 is 0 Å². The van der Waals surface area contributed by atoms with Gasteiger partial charge in [-0.2, -0.15) is 13.2 Å². The van der Waals surface area contributed by atoms with Crippen molar-refractivity contribution in [3.8, 4) is 17.6 Å². The molecule has 0 saturated carbocycles. The lowest BCUT2D eigenvalue weighted by Gasteiger charge is -2.08. The molecule has 1 aromatic rings. The number of hydrogen-bond acceptors (Lipinski definition) is 3. The van der Waals surface area contributed by atoms with Crippen molar-refractivity contribution in [2.45, 2.75) is 12.6 Å². The van der Waals surface area contributed by atoms with Crippen molar-refractivity contribution in [2.24, 2.45) is 0 Å². The summed E-state index contributed by atoms with van der Waals surface area (Å²) in [5, 5.41) is 0. The van der Waals surface area contributed by atoms with Gasteiger partial charge in [-0.15, -0.1) is 0 Å². The lowest BCUT2D eigenvalue weighted by Crippen LogP contribution is -2.19. The third-order valence-corrected chi connectivity index (χ3v) is 1.95. The highest BCUT2D eigenvalue weighted by atomic mass is 19.4. The van der Waals surface area contributed by atoms with E-state index in [1.807, 2.05) is 0 Å². The molecule has 0 unspecified atom stereocenters. The van der Waals surface area contributed by atoms with Gasteiger partial charge in [-0.3, -0.25) is 4.79 Å². The highest BCUT2D eigenvalue weighted by molar-refractivity contribution is 5.72.